The fourth-order valence-corrected chi connectivity index (χ4v) is 2.52. The van der Waals surface area contributed by atoms with Gasteiger partial charge in [0.1, 0.15) is 6.61 Å². The molecule has 2 rings (SSSR count). The van der Waals surface area contributed by atoms with Gasteiger partial charge in [-0.05, 0) is 24.6 Å². The van der Waals surface area contributed by atoms with Crippen LogP contribution in [0.15, 0.2) is 29.3 Å². The number of rotatable bonds is 5. The monoisotopic (exact) mass is 252 g/mol. The van der Waals surface area contributed by atoms with Crippen LogP contribution in [0.1, 0.15) is 18.5 Å². The number of nitrogen functional groups attached to an aromatic ring is 1. The van der Waals surface area contributed by atoms with E-state index in [1.54, 1.807) is 11.8 Å². The van der Waals surface area contributed by atoms with Crippen molar-refractivity contribution in [3.63, 3.8) is 0 Å². The molecular weight excluding hydrogens is 236 g/mol. The number of nitrogens with two attached hydrogens (primary N) is 1. The van der Waals surface area contributed by atoms with Gasteiger partial charge in [0.2, 0.25) is 0 Å². The zero-order chi connectivity index (χ0) is 12.1. The molecule has 0 aromatic heterocycles. The van der Waals surface area contributed by atoms with Gasteiger partial charge in [0, 0.05) is 11.4 Å². The maximum atomic E-state index is 5.66. The highest BCUT2D eigenvalue weighted by Gasteiger charge is 2.19. The van der Waals surface area contributed by atoms with E-state index in [-0.39, 0.29) is 6.04 Å². The number of anilines is 1. The maximum Gasteiger partial charge on any atom is 0.130 e. The second-order valence-corrected chi connectivity index (χ2v) is 4.78. The number of aliphatic imine (C=N–C) groups is 1. The van der Waals surface area contributed by atoms with E-state index >= 15 is 0 Å². The predicted molar refractivity (Wildman–Crippen MR) is 71.1 cm³/mol. The highest BCUT2D eigenvalue weighted by Crippen LogP contribution is 2.30. The summed E-state index contributed by atoms with van der Waals surface area (Å²) in [4.78, 5) is 14.4. The average molecular weight is 252 g/mol. The van der Waals surface area contributed by atoms with E-state index in [4.69, 9.17) is 15.5 Å². The molecule has 0 amide bonds. The smallest absolute Gasteiger partial charge is 0.130 e. The van der Waals surface area contributed by atoms with E-state index in [2.05, 4.69) is 4.99 Å². The Hall–Kier alpha value is -1.04. The van der Waals surface area contributed by atoms with Crippen molar-refractivity contribution in [2.45, 2.75) is 13.0 Å². The molecule has 1 unspecified atom stereocenters. The summed E-state index contributed by atoms with van der Waals surface area (Å²) < 4.78 is 0. The largest absolute Gasteiger partial charge is 0.399 e. The highest BCUT2D eigenvalue weighted by molar-refractivity contribution is 8.14. The van der Waals surface area contributed by atoms with Crippen molar-refractivity contribution in [3.8, 4) is 0 Å². The lowest BCUT2D eigenvalue weighted by atomic mass is 10.1. The van der Waals surface area contributed by atoms with Crippen molar-refractivity contribution in [2.75, 3.05) is 24.7 Å². The maximum absolute atomic E-state index is 5.66. The molecule has 4 nitrogen and oxygen atoms in total. The van der Waals surface area contributed by atoms with E-state index in [0.29, 0.717) is 13.2 Å². The van der Waals surface area contributed by atoms with Gasteiger partial charge in [-0.25, -0.2) is 9.78 Å². The summed E-state index contributed by atoms with van der Waals surface area (Å²) in [6.07, 6.45) is 0. The van der Waals surface area contributed by atoms with Crippen LogP contribution < -0.4 is 5.73 Å². The zero-order valence-electron chi connectivity index (χ0n) is 9.76. The summed E-state index contributed by atoms with van der Waals surface area (Å²) in [5.74, 6) is 0.953. The summed E-state index contributed by atoms with van der Waals surface area (Å²) >= 11 is 1.71. The van der Waals surface area contributed by atoms with Crippen molar-refractivity contribution in [1.82, 2.24) is 0 Å². The first-order valence-electron chi connectivity index (χ1n) is 5.59. The summed E-state index contributed by atoms with van der Waals surface area (Å²) in [6, 6.07) is 8.07. The molecule has 1 atom stereocenters. The summed E-state index contributed by atoms with van der Waals surface area (Å²) in [5.41, 5.74) is 7.63. The number of nitrogens with zero attached hydrogens (tertiary/aromatic N) is 1. The molecule has 1 heterocycles. The number of thioether (sulfide) groups is 1. The van der Waals surface area contributed by atoms with E-state index < -0.39 is 0 Å². The summed E-state index contributed by atoms with van der Waals surface area (Å²) in [7, 11) is 0. The van der Waals surface area contributed by atoms with Crippen LogP contribution in [0.4, 0.5) is 5.69 Å². The third-order valence-electron chi connectivity index (χ3n) is 2.41. The topological polar surface area (TPSA) is 56.8 Å². The van der Waals surface area contributed by atoms with Gasteiger partial charge in [-0.1, -0.05) is 12.1 Å². The van der Waals surface area contributed by atoms with Crippen molar-refractivity contribution in [2.24, 2.45) is 4.99 Å². The predicted octanol–water partition coefficient (Wildman–Crippen LogP) is 2.42. The van der Waals surface area contributed by atoms with Crippen LogP contribution >= 0.6 is 11.8 Å². The Morgan fingerprint density at radius 2 is 2.12 bits per heavy atom. The van der Waals surface area contributed by atoms with Crippen molar-refractivity contribution < 1.29 is 9.78 Å². The third kappa shape index (κ3) is 3.46. The van der Waals surface area contributed by atoms with E-state index in [1.165, 1.54) is 5.56 Å². The van der Waals surface area contributed by atoms with E-state index in [9.17, 15) is 0 Å². The van der Waals surface area contributed by atoms with Gasteiger partial charge < -0.3 is 5.73 Å². The molecule has 0 radical (unpaired) electrons. The Bertz CT molecular complexity index is 392. The van der Waals surface area contributed by atoms with Crippen LogP contribution in [-0.2, 0) is 9.78 Å². The average Bonchev–Trinajstić information content (AvgIpc) is 2.79. The molecule has 1 aromatic carbocycles. The van der Waals surface area contributed by atoms with Crippen LogP contribution in [0.3, 0.4) is 0 Å². The molecule has 1 aromatic rings. The summed E-state index contributed by atoms with van der Waals surface area (Å²) in [5, 5.41) is 0.986. The molecular formula is C12H16N2O2S. The van der Waals surface area contributed by atoms with Crippen molar-refractivity contribution in [3.05, 3.63) is 29.8 Å². The van der Waals surface area contributed by atoms with Crippen LogP contribution in [0, 0.1) is 0 Å². The SMILES string of the molecule is CCOOCC1=NC(c2ccc(N)cc2)CS1. The van der Waals surface area contributed by atoms with E-state index in [1.807, 2.05) is 31.2 Å². The van der Waals surface area contributed by atoms with Gasteiger partial charge in [-0.15, -0.1) is 11.8 Å². The molecule has 1 aliphatic heterocycles. The first-order chi connectivity index (χ1) is 8.29. The van der Waals surface area contributed by atoms with Gasteiger partial charge in [-0.3, -0.25) is 4.99 Å². The molecule has 5 heteroatoms. The summed E-state index contributed by atoms with van der Waals surface area (Å²) in [6.45, 7) is 2.88. The Morgan fingerprint density at radius 1 is 1.35 bits per heavy atom. The Balaban J connectivity index is 1.93. The first kappa shape index (κ1) is 12.4. The highest BCUT2D eigenvalue weighted by atomic mass is 32.2. The minimum absolute atomic E-state index is 0.209. The van der Waals surface area contributed by atoms with Gasteiger partial charge in [0.15, 0.2) is 0 Å². The molecule has 17 heavy (non-hydrogen) atoms. The van der Waals surface area contributed by atoms with Crippen molar-refractivity contribution >= 4 is 22.5 Å². The quantitative estimate of drug-likeness (QED) is 0.378. The molecule has 2 N–H and O–H groups in total. The first-order valence-corrected chi connectivity index (χ1v) is 6.57. The Kier molecular flexibility index (Phi) is 4.42. The normalized spacial score (nSPS) is 19.4. The molecule has 0 spiro atoms. The van der Waals surface area contributed by atoms with Crippen LogP contribution in [-0.4, -0.2) is 24.0 Å². The number of benzene rings is 1. The Morgan fingerprint density at radius 3 is 2.82 bits per heavy atom. The third-order valence-corrected chi connectivity index (χ3v) is 3.45. The number of hydrogen-bond acceptors (Lipinski definition) is 5. The van der Waals surface area contributed by atoms with Crippen LogP contribution in [0.25, 0.3) is 0 Å². The standard InChI is InChI=1S/C12H16N2O2S/c1-2-15-16-7-12-14-11(8-17-12)9-3-5-10(13)6-4-9/h3-6,11H,2,7-8,13H2,1H3. The van der Waals surface area contributed by atoms with Gasteiger partial charge in [-0.2, -0.15) is 0 Å². The van der Waals surface area contributed by atoms with Gasteiger partial charge in [0.05, 0.1) is 17.7 Å². The van der Waals surface area contributed by atoms with E-state index in [0.717, 1.165) is 16.5 Å². The minimum Gasteiger partial charge on any atom is -0.399 e. The second-order valence-electron chi connectivity index (χ2n) is 3.69. The zero-order valence-corrected chi connectivity index (χ0v) is 10.6. The lowest BCUT2D eigenvalue weighted by Crippen LogP contribution is -2.03. The Labute approximate surface area is 105 Å². The number of hydrogen-bond donors (Lipinski definition) is 1. The van der Waals surface area contributed by atoms with Gasteiger partial charge in [0.25, 0.3) is 0 Å². The fraction of sp³-hybridized carbons (Fsp3) is 0.417. The minimum atomic E-state index is 0.209. The molecule has 1 aliphatic rings. The lowest BCUT2D eigenvalue weighted by Gasteiger charge is -2.05. The van der Waals surface area contributed by atoms with Gasteiger partial charge >= 0.3 is 0 Å². The molecule has 0 saturated heterocycles. The molecule has 92 valence electrons. The second kappa shape index (κ2) is 6.05. The molecule has 0 fully saturated rings. The fourth-order valence-electron chi connectivity index (χ4n) is 1.57. The lowest BCUT2D eigenvalue weighted by molar-refractivity contribution is -0.278. The molecule has 0 saturated carbocycles. The molecule has 0 bridgehead atoms. The van der Waals surface area contributed by atoms with Crippen molar-refractivity contribution in [1.29, 1.82) is 0 Å². The van der Waals surface area contributed by atoms with Crippen LogP contribution in [0.5, 0.6) is 0 Å². The molecule has 0 aliphatic carbocycles. The van der Waals surface area contributed by atoms with Crippen LogP contribution in [0.2, 0.25) is 0 Å².